The van der Waals surface area contributed by atoms with Crippen LogP contribution >= 0.6 is 15.9 Å². The molecule has 0 heterocycles. The molecule has 94 valence electrons. The molecule has 3 N–H and O–H groups in total. The van der Waals surface area contributed by atoms with E-state index in [0.717, 1.165) is 6.07 Å². The number of alkyl halides is 3. The van der Waals surface area contributed by atoms with E-state index >= 15 is 0 Å². The van der Waals surface area contributed by atoms with Gasteiger partial charge in [-0.2, -0.15) is 0 Å². The summed E-state index contributed by atoms with van der Waals surface area (Å²) in [6.07, 6.45) is -4.76. The van der Waals surface area contributed by atoms with Crippen LogP contribution in [0.25, 0.3) is 0 Å². The van der Waals surface area contributed by atoms with Gasteiger partial charge in [0.05, 0.1) is 11.0 Å². The maximum Gasteiger partial charge on any atom is 0.573 e. The SMILES string of the molecule is NCC(=O)Nc1ccc(OC(F)(F)F)c(Br)c1. The number of halogens is 4. The van der Waals surface area contributed by atoms with E-state index in [4.69, 9.17) is 5.73 Å². The first-order valence-electron chi connectivity index (χ1n) is 4.37. The largest absolute Gasteiger partial charge is 0.573 e. The van der Waals surface area contributed by atoms with Gasteiger partial charge in [0.25, 0.3) is 0 Å². The number of hydrogen-bond donors (Lipinski definition) is 2. The first-order chi connectivity index (χ1) is 7.81. The Kier molecular flexibility index (Phi) is 4.35. The van der Waals surface area contributed by atoms with Crippen LogP contribution in [0.2, 0.25) is 0 Å². The predicted octanol–water partition coefficient (Wildman–Crippen LogP) is 2.24. The van der Waals surface area contributed by atoms with E-state index < -0.39 is 12.3 Å². The second-order valence-corrected chi connectivity index (χ2v) is 3.80. The Hall–Kier alpha value is -1.28. The van der Waals surface area contributed by atoms with Crippen LogP contribution in [0.5, 0.6) is 5.75 Å². The average molecular weight is 313 g/mol. The molecule has 0 aliphatic rings. The Morgan fingerprint density at radius 3 is 2.59 bits per heavy atom. The highest BCUT2D eigenvalue weighted by Gasteiger charge is 2.31. The molecular weight excluding hydrogens is 305 g/mol. The molecule has 1 aromatic rings. The van der Waals surface area contributed by atoms with Crippen molar-refractivity contribution < 1.29 is 22.7 Å². The molecule has 0 aliphatic carbocycles. The first kappa shape index (κ1) is 13.8. The number of carbonyl (C=O) groups excluding carboxylic acids is 1. The van der Waals surface area contributed by atoms with Crippen molar-refractivity contribution >= 4 is 27.5 Å². The molecule has 1 rings (SSSR count). The van der Waals surface area contributed by atoms with Gasteiger partial charge in [-0.25, -0.2) is 0 Å². The molecule has 0 radical (unpaired) electrons. The quantitative estimate of drug-likeness (QED) is 0.899. The Balaban J connectivity index is 2.83. The fourth-order valence-corrected chi connectivity index (χ4v) is 1.46. The van der Waals surface area contributed by atoms with Gasteiger partial charge < -0.3 is 15.8 Å². The minimum atomic E-state index is -4.76. The zero-order valence-electron chi connectivity index (χ0n) is 8.34. The van der Waals surface area contributed by atoms with Crippen LogP contribution in [0.4, 0.5) is 18.9 Å². The minimum absolute atomic E-state index is 0.0737. The highest BCUT2D eigenvalue weighted by atomic mass is 79.9. The fourth-order valence-electron chi connectivity index (χ4n) is 0.998. The van der Waals surface area contributed by atoms with Crippen LogP contribution in [-0.2, 0) is 4.79 Å². The number of benzene rings is 1. The molecule has 0 fully saturated rings. The number of hydrogen-bond acceptors (Lipinski definition) is 3. The highest BCUT2D eigenvalue weighted by molar-refractivity contribution is 9.10. The van der Waals surface area contributed by atoms with Gasteiger partial charge in [0.2, 0.25) is 5.91 Å². The monoisotopic (exact) mass is 312 g/mol. The lowest BCUT2D eigenvalue weighted by atomic mass is 10.3. The Morgan fingerprint density at radius 2 is 2.12 bits per heavy atom. The molecule has 0 spiro atoms. The van der Waals surface area contributed by atoms with Crippen molar-refractivity contribution in [1.29, 1.82) is 0 Å². The van der Waals surface area contributed by atoms with Crippen molar-refractivity contribution in [3.63, 3.8) is 0 Å². The smallest absolute Gasteiger partial charge is 0.405 e. The summed E-state index contributed by atoms with van der Waals surface area (Å²) in [6.45, 7) is -0.210. The normalized spacial score (nSPS) is 11.1. The second kappa shape index (κ2) is 5.37. The van der Waals surface area contributed by atoms with Crippen LogP contribution < -0.4 is 15.8 Å². The van der Waals surface area contributed by atoms with Gasteiger partial charge >= 0.3 is 6.36 Å². The summed E-state index contributed by atoms with van der Waals surface area (Å²) in [4.78, 5) is 10.9. The van der Waals surface area contributed by atoms with Crippen molar-refractivity contribution in [2.45, 2.75) is 6.36 Å². The maximum atomic E-state index is 12.0. The molecular formula is C9H8BrF3N2O2. The average Bonchev–Trinajstić information content (AvgIpc) is 2.20. The van der Waals surface area contributed by atoms with Crippen LogP contribution in [0, 0.1) is 0 Å². The number of rotatable bonds is 3. The molecule has 0 atom stereocenters. The van der Waals surface area contributed by atoms with Gasteiger partial charge in [-0.1, -0.05) is 0 Å². The summed E-state index contributed by atoms with van der Waals surface area (Å²) in [5.74, 6) is -0.829. The summed E-state index contributed by atoms with van der Waals surface area (Å²) in [5.41, 5.74) is 5.40. The van der Waals surface area contributed by atoms with Crippen molar-refractivity contribution in [3.05, 3.63) is 22.7 Å². The number of ether oxygens (including phenoxy) is 1. The first-order valence-corrected chi connectivity index (χ1v) is 5.16. The Bertz CT molecular complexity index is 423. The number of nitrogens with one attached hydrogen (secondary N) is 1. The van der Waals surface area contributed by atoms with E-state index in [1.54, 1.807) is 0 Å². The number of amides is 1. The number of anilines is 1. The lowest BCUT2D eigenvalue weighted by molar-refractivity contribution is -0.274. The summed E-state index contributed by atoms with van der Waals surface area (Å²) in [6, 6.07) is 3.65. The molecule has 1 aromatic carbocycles. The van der Waals surface area contributed by atoms with Crippen LogP contribution in [0.15, 0.2) is 22.7 Å². The topological polar surface area (TPSA) is 64.4 Å². The van der Waals surface area contributed by atoms with Gasteiger partial charge in [-0.05, 0) is 34.1 Å². The lowest BCUT2D eigenvalue weighted by Crippen LogP contribution is -2.22. The van der Waals surface area contributed by atoms with Crippen molar-refractivity contribution in [3.8, 4) is 5.75 Å². The Labute approximate surface area is 103 Å². The summed E-state index contributed by atoms with van der Waals surface area (Å²) in [5, 5.41) is 2.39. The van der Waals surface area contributed by atoms with Gasteiger partial charge in [0.1, 0.15) is 5.75 Å². The van der Waals surface area contributed by atoms with Gasteiger partial charge in [0, 0.05) is 5.69 Å². The third kappa shape index (κ3) is 4.61. The molecule has 0 unspecified atom stereocenters. The molecule has 1 amide bonds. The lowest BCUT2D eigenvalue weighted by Gasteiger charge is -2.11. The van der Waals surface area contributed by atoms with Crippen molar-refractivity contribution in [2.24, 2.45) is 5.73 Å². The van der Waals surface area contributed by atoms with E-state index in [2.05, 4.69) is 26.0 Å². The molecule has 17 heavy (non-hydrogen) atoms. The number of nitrogens with two attached hydrogens (primary N) is 1. The van der Waals surface area contributed by atoms with Crippen LogP contribution in [0.1, 0.15) is 0 Å². The van der Waals surface area contributed by atoms with Crippen LogP contribution in [0.3, 0.4) is 0 Å². The summed E-state index contributed by atoms with van der Waals surface area (Å²) < 4.78 is 39.7. The third-order valence-electron chi connectivity index (χ3n) is 1.63. The molecule has 0 aromatic heterocycles. The predicted molar refractivity (Wildman–Crippen MR) is 58.5 cm³/mol. The third-order valence-corrected chi connectivity index (χ3v) is 2.25. The van der Waals surface area contributed by atoms with E-state index in [1.165, 1.54) is 12.1 Å². The van der Waals surface area contributed by atoms with Crippen LogP contribution in [-0.4, -0.2) is 18.8 Å². The zero-order chi connectivity index (χ0) is 13.1. The van der Waals surface area contributed by atoms with Gasteiger partial charge in [-0.15, -0.1) is 13.2 Å². The van der Waals surface area contributed by atoms with Crippen molar-refractivity contribution in [2.75, 3.05) is 11.9 Å². The molecule has 4 nitrogen and oxygen atoms in total. The number of carbonyl (C=O) groups is 1. The van der Waals surface area contributed by atoms with E-state index in [1.807, 2.05) is 0 Å². The van der Waals surface area contributed by atoms with E-state index in [0.29, 0.717) is 5.69 Å². The molecule has 0 bridgehead atoms. The molecule has 0 aliphatic heterocycles. The zero-order valence-corrected chi connectivity index (χ0v) is 9.93. The standard InChI is InChI=1S/C9H8BrF3N2O2/c10-6-3-5(15-8(16)4-14)1-2-7(6)17-9(11,12)13/h1-3H,4,14H2,(H,15,16). The summed E-state index contributed by atoms with van der Waals surface area (Å²) >= 11 is 2.90. The van der Waals surface area contributed by atoms with Gasteiger partial charge in [-0.3, -0.25) is 4.79 Å². The second-order valence-electron chi connectivity index (χ2n) is 2.95. The molecule has 0 saturated heterocycles. The van der Waals surface area contributed by atoms with Gasteiger partial charge in [0.15, 0.2) is 0 Å². The fraction of sp³-hybridized carbons (Fsp3) is 0.222. The highest BCUT2D eigenvalue weighted by Crippen LogP contribution is 2.32. The molecule has 0 saturated carbocycles. The van der Waals surface area contributed by atoms with Crippen molar-refractivity contribution in [1.82, 2.24) is 0 Å². The minimum Gasteiger partial charge on any atom is -0.405 e. The Morgan fingerprint density at radius 1 is 1.47 bits per heavy atom. The molecule has 8 heteroatoms. The summed E-state index contributed by atoms with van der Waals surface area (Å²) in [7, 11) is 0. The maximum absolute atomic E-state index is 12.0. The van der Waals surface area contributed by atoms with E-state index in [-0.39, 0.29) is 16.8 Å². The van der Waals surface area contributed by atoms with E-state index in [9.17, 15) is 18.0 Å².